The minimum atomic E-state index is -0.432. The van der Waals surface area contributed by atoms with Crippen LogP contribution in [0.3, 0.4) is 0 Å². The molecule has 96 valence electrons. The second-order valence-corrected chi connectivity index (χ2v) is 4.98. The first-order valence-corrected chi connectivity index (χ1v) is 6.25. The van der Waals surface area contributed by atoms with E-state index in [1.165, 1.54) is 0 Å². The molecule has 5 nitrogen and oxygen atoms in total. The Balaban J connectivity index is 2.24. The zero-order valence-electron chi connectivity index (χ0n) is 9.85. The zero-order chi connectivity index (χ0) is 13.3. The first-order chi connectivity index (χ1) is 8.52. The van der Waals surface area contributed by atoms with Crippen LogP contribution in [-0.4, -0.2) is 25.5 Å². The van der Waals surface area contributed by atoms with Crippen molar-refractivity contribution in [3.63, 3.8) is 0 Å². The summed E-state index contributed by atoms with van der Waals surface area (Å²) in [5.74, 6) is -0.232. The van der Waals surface area contributed by atoms with Crippen LogP contribution in [0.1, 0.15) is 6.42 Å². The van der Waals surface area contributed by atoms with E-state index in [9.17, 15) is 9.59 Å². The minimum Gasteiger partial charge on any atom is -0.496 e. The van der Waals surface area contributed by atoms with Crippen molar-refractivity contribution in [3.05, 3.63) is 22.7 Å². The van der Waals surface area contributed by atoms with E-state index in [0.717, 1.165) is 10.2 Å². The number of nitrogens with zero attached hydrogens (tertiary/aromatic N) is 1. The molecule has 1 heterocycles. The van der Waals surface area contributed by atoms with Gasteiger partial charge in [0.1, 0.15) is 5.75 Å². The van der Waals surface area contributed by atoms with E-state index in [1.807, 2.05) is 0 Å². The van der Waals surface area contributed by atoms with Gasteiger partial charge in [-0.05, 0) is 34.1 Å². The highest BCUT2D eigenvalue weighted by molar-refractivity contribution is 9.10. The van der Waals surface area contributed by atoms with Gasteiger partial charge in [0.15, 0.2) is 0 Å². The number of anilines is 1. The highest BCUT2D eigenvalue weighted by Gasteiger charge is 2.34. The number of carbonyl (C=O) groups excluding carboxylic acids is 2. The standard InChI is InChI=1S/C12H13BrN2O3/c1-18-10-3-2-8(5-9(10)13)15-6-7(12(14)17)4-11(15)16/h2-3,5,7H,4,6H2,1H3,(H2,14,17). The molecule has 0 bridgehead atoms. The minimum absolute atomic E-state index is 0.0872. The van der Waals surface area contributed by atoms with Crippen molar-refractivity contribution in [2.45, 2.75) is 6.42 Å². The van der Waals surface area contributed by atoms with E-state index in [-0.39, 0.29) is 12.3 Å². The molecule has 2 rings (SSSR count). The molecule has 0 spiro atoms. The Morgan fingerprint density at radius 1 is 1.56 bits per heavy atom. The summed E-state index contributed by atoms with van der Waals surface area (Å²) in [5, 5.41) is 0. The molecule has 2 amide bonds. The van der Waals surface area contributed by atoms with Crippen molar-refractivity contribution in [1.29, 1.82) is 0 Å². The summed E-state index contributed by atoms with van der Waals surface area (Å²) >= 11 is 3.36. The van der Waals surface area contributed by atoms with Gasteiger partial charge in [-0.15, -0.1) is 0 Å². The summed E-state index contributed by atoms with van der Waals surface area (Å²) in [5.41, 5.74) is 5.96. The molecule has 1 atom stereocenters. The summed E-state index contributed by atoms with van der Waals surface area (Å²) < 4.78 is 5.89. The smallest absolute Gasteiger partial charge is 0.227 e. The van der Waals surface area contributed by atoms with E-state index >= 15 is 0 Å². The van der Waals surface area contributed by atoms with Crippen molar-refractivity contribution < 1.29 is 14.3 Å². The molecule has 2 N–H and O–H groups in total. The Hall–Kier alpha value is -1.56. The van der Waals surface area contributed by atoms with Gasteiger partial charge in [0, 0.05) is 18.7 Å². The summed E-state index contributed by atoms with van der Waals surface area (Å²) in [6, 6.07) is 5.34. The monoisotopic (exact) mass is 312 g/mol. The SMILES string of the molecule is COc1ccc(N2CC(C(N)=O)CC2=O)cc1Br. The van der Waals surface area contributed by atoms with Crippen LogP contribution in [0.15, 0.2) is 22.7 Å². The molecule has 1 aromatic carbocycles. The van der Waals surface area contributed by atoms with Gasteiger partial charge in [0.25, 0.3) is 0 Å². The molecule has 1 aliphatic rings. The maximum atomic E-state index is 11.8. The molecule has 18 heavy (non-hydrogen) atoms. The predicted molar refractivity (Wildman–Crippen MR) is 70.3 cm³/mol. The number of benzene rings is 1. The molecule has 1 aromatic rings. The predicted octanol–water partition coefficient (Wildman–Crippen LogP) is 1.30. The molecule has 1 aliphatic heterocycles. The van der Waals surface area contributed by atoms with Gasteiger partial charge < -0.3 is 15.4 Å². The second kappa shape index (κ2) is 4.97. The third-order valence-corrected chi connectivity index (χ3v) is 3.59. The third kappa shape index (κ3) is 2.33. The van der Waals surface area contributed by atoms with Crippen molar-refractivity contribution in [3.8, 4) is 5.75 Å². The lowest BCUT2D eigenvalue weighted by Crippen LogP contribution is -2.28. The first kappa shape index (κ1) is 12.9. The lowest BCUT2D eigenvalue weighted by Gasteiger charge is -2.17. The fourth-order valence-electron chi connectivity index (χ4n) is 1.97. The number of primary amides is 1. The van der Waals surface area contributed by atoms with Gasteiger partial charge in [-0.1, -0.05) is 0 Å². The fraction of sp³-hybridized carbons (Fsp3) is 0.333. The average Bonchev–Trinajstić information content (AvgIpc) is 2.71. The van der Waals surface area contributed by atoms with Crippen LogP contribution in [0.5, 0.6) is 5.75 Å². The van der Waals surface area contributed by atoms with Crippen molar-refractivity contribution in [2.24, 2.45) is 11.7 Å². The van der Waals surface area contributed by atoms with Crippen LogP contribution in [0.4, 0.5) is 5.69 Å². The molecule has 1 saturated heterocycles. The number of amides is 2. The van der Waals surface area contributed by atoms with Gasteiger partial charge in [0.2, 0.25) is 11.8 Å². The Kier molecular flexibility index (Phi) is 3.56. The summed E-state index contributed by atoms with van der Waals surface area (Å²) in [6.45, 7) is 0.340. The molecule has 0 radical (unpaired) electrons. The van der Waals surface area contributed by atoms with E-state index in [1.54, 1.807) is 30.2 Å². The molecule has 0 aromatic heterocycles. The van der Waals surface area contributed by atoms with Crippen molar-refractivity contribution in [1.82, 2.24) is 0 Å². The van der Waals surface area contributed by atoms with E-state index in [4.69, 9.17) is 10.5 Å². The van der Waals surface area contributed by atoms with Gasteiger partial charge in [-0.25, -0.2) is 0 Å². The maximum Gasteiger partial charge on any atom is 0.227 e. The summed E-state index contributed by atoms with van der Waals surface area (Å²) in [7, 11) is 1.57. The average molecular weight is 313 g/mol. The van der Waals surface area contributed by atoms with Crippen LogP contribution in [0.25, 0.3) is 0 Å². The molecule has 0 saturated carbocycles. The van der Waals surface area contributed by atoms with Crippen LogP contribution in [0.2, 0.25) is 0 Å². The first-order valence-electron chi connectivity index (χ1n) is 5.46. The number of methoxy groups -OCH3 is 1. The van der Waals surface area contributed by atoms with E-state index < -0.39 is 11.8 Å². The number of hydrogen-bond acceptors (Lipinski definition) is 3. The van der Waals surface area contributed by atoms with Crippen molar-refractivity contribution in [2.75, 3.05) is 18.6 Å². The second-order valence-electron chi connectivity index (χ2n) is 4.13. The fourth-order valence-corrected chi connectivity index (χ4v) is 2.50. The number of carbonyl (C=O) groups is 2. The maximum absolute atomic E-state index is 11.8. The van der Waals surface area contributed by atoms with Crippen LogP contribution < -0.4 is 15.4 Å². The van der Waals surface area contributed by atoms with Gasteiger partial charge in [0.05, 0.1) is 17.5 Å². The normalized spacial score (nSPS) is 19.1. The topological polar surface area (TPSA) is 72.6 Å². The molecule has 1 fully saturated rings. The number of rotatable bonds is 3. The van der Waals surface area contributed by atoms with Gasteiger partial charge in [-0.2, -0.15) is 0 Å². The van der Waals surface area contributed by atoms with E-state index in [2.05, 4.69) is 15.9 Å². The lowest BCUT2D eigenvalue weighted by molar-refractivity contribution is -0.123. The van der Waals surface area contributed by atoms with Crippen LogP contribution in [0, 0.1) is 5.92 Å². The largest absolute Gasteiger partial charge is 0.496 e. The Bertz CT molecular complexity index is 504. The number of ether oxygens (including phenoxy) is 1. The highest BCUT2D eigenvalue weighted by Crippen LogP contribution is 2.32. The molecular formula is C12H13BrN2O3. The van der Waals surface area contributed by atoms with E-state index in [0.29, 0.717) is 12.3 Å². The van der Waals surface area contributed by atoms with Gasteiger partial charge in [-0.3, -0.25) is 9.59 Å². The molecular weight excluding hydrogens is 300 g/mol. The Labute approximate surface area is 113 Å². The van der Waals surface area contributed by atoms with Gasteiger partial charge >= 0.3 is 0 Å². The molecule has 6 heteroatoms. The summed E-state index contributed by atoms with van der Waals surface area (Å²) in [6.07, 6.45) is 0.180. The van der Waals surface area contributed by atoms with Crippen LogP contribution in [-0.2, 0) is 9.59 Å². The van der Waals surface area contributed by atoms with Crippen LogP contribution >= 0.6 is 15.9 Å². The quantitative estimate of drug-likeness (QED) is 0.914. The van der Waals surface area contributed by atoms with Crippen molar-refractivity contribution >= 4 is 33.4 Å². The molecule has 0 aliphatic carbocycles. The lowest BCUT2D eigenvalue weighted by atomic mass is 10.1. The Morgan fingerprint density at radius 2 is 2.28 bits per heavy atom. The number of nitrogens with two attached hydrogens (primary N) is 1. The zero-order valence-corrected chi connectivity index (χ0v) is 11.4. The third-order valence-electron chi connectivity index (χ3n) is 2.97. The Morgan fingerprint density at radius 3 is 2.78 bits per heavy atom. The number of hydrogen-bond donors (Lipinski definition) is 1. The molecule has 1 unspecified atom stereocenters. The highest BCUT2D eigenvalue weighted by atomic mass is 79.9. The number of halogens is 1. The summed E-state index contributed by atoms with van der Waals surface area (Å²) in [4.78, 5) is 24.5.